The Morgan fingerprint density at radius 3 is 2.75 bits per heavy atom. The highest BCUT2D eigenvalue weighted by Gasteiger charge is 2.12. The van der Waals surface area contributed by atoms with Gasteiger partial charge < -0.3 is 10.5 Å². The van der Waals surface area contributed by atoms with Gasteiger partial charge in [0.15, 0.2) is 12.3 Å². The molecule has 0 saturated heterocycles. The summed E-state index contributed by atoms with van der Waals surface area (Å²) in [5.74, 6) is -1.48. The van der Waals surface area contributed by atoms with E-state index in [4.69, 9.17) is 17.3 Å². The Kier molecular flexibility index (Phi) is 4.27. The predicted octanol–water partition coefficient (Wildman–Crippen LogP) is 1.44. The van der Waals surface area contributed by atoms with E-state index in [1.54, 1.807) is 24.3 Å². The summed E-state index contributed by atoms with van der Waals surface area (Å²) in [5.41, 5.74) is 6.19. The van der Waals surface area contributed by atoms with E-state index in [-0.39, 0.29) is 5.69 Å². The van der Waals surface area contributed by atoms with E-state index >= 15 is 0 Å². The van der Waals surface area contributed by atoms with E-state index < -0.39 is 18.5 Å². The van der Waals surface area contributed by atoms with Crippen LogP contribution in [0.25, 0.3) is 11.3 Å². The van der Waals surface area contributed by atoms with Gasteiger partial charge in [-0.1, -0.05) is 23.7 Å². The number of carbonyl (C=O) groups excluding carboxylic acids is 2. The van der Waals surface area contributed by atoms with Crippen molar-refractivity contribution in [3.8, 4) is 11.3 Å². The number of carbonyl (C=O) groups is 2. The van der Waals surface area contributed by atoms with E-state index in [0.29, 0.717) is 10.7 Å². The third-order valence-electron chi connectivity index (χ3n) is 2.34. The minimum Gasteiger partial charge on any atom is -0.451 e. The highest BCUT2D eigenvalue weighted by molar-refractivity contribution is 6.30. The summed E-state index contributed by atoms with van der Waals surface area (Å²) in [4.78, 5) is 30.1. The SMILES string of the molecule is NC(=O)COC(=O)c1cc(-c2cccc(Cl)c2)ncn1. The number of benzene rings is 1. The van der Waals surface area contributed by atoms with E-state index in [2.05, 4.69) is 14.7 Å². The number of esters is 1. The van der Waals surface area contributed by atoms with Crippen molar-refractivity contribution in [3.05, 3.63) is 47.4 Å². The van der Waals surface area contributed by atoms with Gasteiger partial charge in [-0.25, -0.2) is 14.8 Å². The topological polar surface area (TPSA) is 95.2 Å². The number of nitrogens with zero attached hydrogens (tertiary/aromatic N) is 2. The van der Waals surface area contributed by atoms with Crippen molar-refractivity contribution in [2.45, 2.75) is 0 Å². The van der Waals surface area contributed by atoms with Crippen LogP contribution in [0.2, 0.25) is 5.02 Å². The van der Waals surface area contributed by atoms with Crippen LogP contribution in [-0.4, -0.2) is 28.5 Å². The number of aromatic nitrogens is 2. The monoisotopic (exact) mass is 291 g/mol. The molecule has 1 heterocycles. The standard InChI is InChI=1S/C13H10ClN3O3/c14-9-3-1-2-8(4-9)10-5-11(17-7-16-10)13(19)20-6-12(15)18/h1-5,7H,6H2,(H2,15,18). The zero-order chi connectivity index (χ0) is 14.5. The molecule has 0 aliphatic rings. The maximum Gasteiger partial charge on any atom is 0.357 e. The van der Waals surface area contributed by atoms with Crippen molar-refractivity contribution < 1.29 is 14.3 Å². The van der Waals surface area contributed by atoms with Crippen molar-refractivity contribution in [2.75, 3.05) is 6.61 Å². The molecule has 0 saturated carbocycles. The summed E-state index contributed by atoms with van der Waals surface area (Å²) in [5, 5.41) is 0.555. The Morgan fingerprint density at radius 2 is 2.05 bits per heavy atom. The first kappa shape index (κ1) is 14.0. The molecule has 0 bridgehead atoms. The molecular formula is C13H10ClN3O3. The molecule has 2 N–H and O–H groups in total. The Morgan fingerprint density at radius 1 is 1.25 bits per heavy atom. The Bertz CT molecular complexity index is 661. The summed E-state index contributed by atoms with van der Waals surface area (Å²) in [6.45, 7) is -0.491. The summed E-state index contributed by atoms with van der Waals surface area (Å²) in [7, 11) is 0. The van der Waals surface area contributed by atoms with Crippen LogP contribution >= 0.6 is 11.6 Å². The first-order chi connectivity index (χ1) is 9.56. The van der Waals surface area contributed by atoms with Crippen molar-refractivity contribution in [3.63, 3.8) is 0 Å². The van der Waals surface area contributed by atoms with Crippen LogP contribution in [0.5, 0.6) is 0 Å². The number of primary amides is 1. The molecule has 1 amide bonds. The van der Waals surface area contributed by atoms with Crippen molar-refractivity contribution in [1.82, 2.24) is 9.97 Å². The number of halogens is 1. The van der Waals surface area contributed by atoms with Crippen molar-refractivity contribution in [1.29, 1.82) is 0 Å². The lowest BCUT2D eigenvalue weighted by molar-refractivity contribution is -0.121. The summed E-state index contributed by atoms with van der Waals surface area (Å²) in [6, 6.07) is 8.46. The molecule has 0 aliphatic heterocycles. The lowest BCUT2D eigenvalue weighted by Crippen LogP contribution is -2.21. The van der Waals surface area contributed by atoms with Gasteiger partial charge in [0.25, 0.3) is 5.91 Å². The second-order valence-electron chi connectivity index (χ2n) is 3.84. The molecule has 7 heteroatoms. The molecule has 0 atom stereocenters. The van der Waals surface area contributed by atoms with E-state index in [1.807, 2.05) is 0 Å². The van der Waals surface area contributed by atoms with Crippen LogP contribution in [0.4, 0.5) is 0 Å². The lowest BCUT2D eigenvalue weighted by Gasteiger charge is -2.04. The maximum atomic E-state index is 11.7. The molecule has 2 aromatic rings. The second kappa shape index (κ2) is 6.12. The Labute approximate surface area is 119 Å². The average Bonchev–Trinajstić information content (AvgIpc) is 2.45. The summed E-state index contributed by atoms with van der Waals surface area (Å²) >= 11 is 5.90. The van der Waals surface area contributed by atoms with Gasteiger partial charge >= 0.3 is 5.97 Å². The van der Waals surface area contributed by atoms with Crippen LogP contribution in [0.1, 0.15) is 10.5 Å². The largest absolute Gasteiger partial charge is 0.451 e. The molecule has 1 aromatic heterocycles. The van der Waals surface area contributed by atoms with Gasteiger partial charge in [-0.2, -0.15) is 0 Å². The molecule has 1 aromatic carbocycles. The van der Waals surface area contributed by atoms with Gasteiger partial charge in [0.2, 0.25) is 0 Å². The zero-order valence-electron chi connectivity index (χ0n) is 10.2. The average molecular weight is 292 g/mol. The fourth-order valence-corrected chi connectivity index (χ4v) is 1.68. The van der Waals surface area contributed by atoms with Gasteiger partial charge in [-0.15, -0.1) is 0 Å². The number of rotatable bonds is 4. The fourth-order valence-electron chi connectivity index (χ4n) is 1.49. The third kappa shape index (κ3) is 3.52. The first-order valence-electron chi connectivity index (χ1n) is 5.59. The molecule has 102 valence electrons. The second-order valence-corrected chi connectivity index (χ2v) is 4.28. The van der Waals surface area contributed by atoms with Gasteiger partial charge in [-0.05, 0) is 18.2 Å². The van der Waals surface area contributed by atoms with Gasteiger partial charge in [0.1, 0.15) is 6.33 Å². The highest BCUT2D eigenvalue weighted by atomic mass is 35.5. The molecule has 0 aliphatic carbocycles. The summed E-state index contributed by atoms with van der Waals surface area (Å²) in [6.07, 6.45) is 1.23. The molecular weight excluding hydrogens is 282 g/mol. The molecule has 0 fully saturated rings. The molecule has 0 unspecified atom stereocenters. The Hall–Kier alpha value is -2.47. The van der Waals surface area contributed by atoms with Crippen LogP contribution in [0.15, 0.2) is 36.7 Å². The maximum absolute atomic E-state index is 11.7. The molecule has 20 heavy (non-hydrogen) atoms. The van der Waals surface area contributed by atoms with Gasteiger partial charge in [0, 0.05) is 10.6 Å². The highest BCUT2D eigenvalue weighted by Crippen LogP contribution is 2.21. The van der Waals surface area contributed by atoms with Crippen LogP contribution in [0, 0.1) is 0 Å². The van der Waals surface area contributed by atoms with E-state index in [0.717, 1.165) is 5.56 Å². The van der Waals surface area contributed by atoms with Crippen LogP contribution in [-0.2, 0) is 9.53 Å². The predicted molar refractivity (Wildman–Crippen MR) is 72.0 cm³/mol. The van der Waals surface area contributed by atoms with Crippen molar-refractivity contribution >= 4 is 23.5 Å². The number of ether oxygens (including phenoxy) is 1. The van der Waals surface area contributed by atoms with Crippen LogP contribution in [0.3, 0.4) is 0 Å². The molecule has 2 rings (SSSR count). The quantitative estimate of drug-likeness (QED) is 0.860. The Balaban J connectivity index is 2.24. The number of nitrogens with two attached hydrogens (primary N) is 1. The number of hydrogen-bond acceptors (Lipinski definition) is 5. The lowest BCUT2D eigenvalue weighted by atomic mass is 10.1. The van der Waals surface area contributed by atoms with Gasteiger partial charge in [-0.3, -0.25) is 4.79 Å². The molecule has 0 radical (unpaired) electrons. The smallest absolute Gasteiger partial charge is 0.357 e. The van der Waals surface area contributed by atoms with Crippen LogP contribution < -0.4 is 5.73 Å². The number of hydrogen-bond donors (Lipinski definition) is 1. The zero-order valence-corrected chi connectivity index (χ0v) is 11.0. The summed E-state index contributed by atoms with van der Waals surface area (Å²) < 4.78 is 4.67. The molecule has 6 nitrogen and oxygen atoms in total. The van der Waals surface area contributed by atoms with E-state index in [1.165, 1.54) is 12.4 Å². The normalized spacial score (nSPS) is 10.1. The number of amides is 1. The minimum atomic E-state index is -0.741. The van der Waals surface area contributed by atoms with E-state index in [9.17, 15) is 9.59 Å². The minimum absolute atomic E-state index is 0.0382. The van der Waals surface area contributed by atoms with Gasteiger partial charge in [0.05, 0.1) is 5.69 Å². The van der Waals surface area contributed by atoms with Crippen molar-refractivity contribution in [2.24, 2.45) is 5.73 Å². The first-order valence-corrected chi connectivity index (χ1v) is 5.97. The fraction of sp³-hybridized carbons (Fsp3) is 0.0769. The molecule has 0 spiro atoms. The third-order valence-corrected chi connectivity index (χ3v) is 2.58.